The van der Waals surface area contributed by atoms with Crippen LogP contribution < -0.4 is 10.6 Å². The Morgan fingerprint density at radius 1 is 1.31 bits per heavy atom. The second-order valence-electron chi connectivity index (χ2n) is 5.93. The van der Waals surface area contributed by atoms with E-state index in [0.29, 0.717) is 22.3 Å². The molecule has 7 heteroatoms. The predicted octanol–water partition coefficient (Wildman–Crippen LogP) is 3.91. The minimum absolute atomic E-state index is 0.0128. The van der Waals surface area contributed by atoms with Crippen molar-refractivity contribution in [2.75, 3.05) is 11.9 Å². The van der Waals surface area contributed by atoms with Crippen molar-refractivity contribution in [2.45, 2.75) is 6.04 Å². The lowest BCUT2D eigenvalue weighted by atomic mass is 10.0. The fourth-order valence-corrected chi connectivity index (χ4v) is 3.66. The van der Waals surface area contributed by atoms with Crippen LogP contribution in [-0.4, -0.2) is 22.1 Å². The molecule has 1 aliphatic rings. The van der Waals surface area contributed by atoms with E-state index in [9.17, 15) is 4.79 Å². The van der Waals surface area contributed by atoms with E-state index >= 15 is 0 Å². The summed E-state index contributed by atoms with van der Waals surface area (Å²) >= 11 is 3.37. The van der Waals surface area contributed by atoms with E-state index in [1.54, 1.807) is 24.5 Å². The Labute approximate surface area is 158 Å². The van der Waals surface area contributed by atoms with E-state index in [1.807, 2.05) is 18.3 Å². The molecule has 128 valence electrons. The molecule has 1 atom stereocenters. The number of amides is 2. The van der Waals surface area contributed by atoms with Gasteiger partial charge in [0.05, 0.1) is 41.6 Å². The summed E-state index contributed by atoms with van der Waals surface area (Å²) in [5, 5.41) is 14.6. The summed E-state index contributed by atoms with van der Waals surface area (Å²) in [5.74, 6) is 0. The molecule has 0 bridgehead atoms. The zero-order valence-corrected chi connectivity index (χ0v) is 15.2. The molecule has 3 aromatic rings. The summed E-state index contributed by atoms with van der Waals surface area (Å²) in [6.07, 6.45) is 3.63. The van der Waals surface area contributed by atoms with Crippen LogP contribution in [0.3, 0.4) is 0 Å². The van der Waals surface area contributed by atoms with E-state index in [1.165, 1.54) is 5.56 Å². The number of aromatic nitrogens is 2. The number of rotatable bonds is 3. The number of imidazole rings is 1. The number of nitrogens with one attached hydrogen (secondary N) is 2. The van der Waals surface area contributed by atoms with Crippen LogP contribution in [-0.2, 0) is 0 Å². The molecule has 1 unspecified atom stereocenters. The Morgan fingerprint density at radius 3 is 2.96 bits per heavy atom. The lowest BCUT2D eigenvalue weighted by Crippen LogP contribution is -2.33. The van der Waals surface area contributed by atoms with Crippen LogP contribution in [0.15, 0.2) is 59.5 Å². The van der Waals surface area contributed by atoms with Crippen LogP contribution in [0.2, 0.25) is 0 Å². The fourth-order valence-electron chi connectivity index (χ4n) is 3.18. The zero-order chi connectivity index (χ0) is 18.1. The van der Waals surface area contributed by atoms with E-state index in [0.717, 1.165) is 11.3 Å². The fraction of sp³-hybridized carbons (Fsp3) is 0.105. The number of halogens is 1. The van der Waals surface area contributed by atoms with Crippen LogP contribution in [0, 0.1) is 11.3 Å². The number of nitriles is 1. The molecule has 1 aromatic heterocycles. The number of nitrogens with zero attached hydrogens (tertiary/aromatic N) is 3. The zero-order valence-electron chi connectivity index (χ0n) is 13.6. The highest BCUT2D eigenvalue weighted by Crippen LogP contribution is 2.38. The molecule has 2 aromatic carbocycles. The molecular weight excluding hydrogens is 394 g/mol. The molecule has 1 aliphatic heterocycles. The molecule has 0 radical (unpaired) electrons. The maximum atomic E-state index is 12.3. The molecule has 26 heavy (non-hydrogen) atoms. The molecule has 0 aliphatic carbocycles. The van der Waals surface area contributed by atoms with Crippen molar-refractivity contribution in [1.29, 1.82) is 5.26 Å². The highest BCUT2D eigenvalue weighted by Gasteiger charge is 2.28. The average Bonchev–Trinajstić information content (AvgIpc) is 3.23. The van der Waals surface area contributed by atoms with Gasteiger partial charge in [0.25, 0.3) is 0 Å². The van der Waals surface area contributed by atoms with Crippen molar-refractivity contribution in [3.63, 3.8) is 0 Å². The molecule has 4 rings (SSSR count). The van der Waals surface area contributed by atoms with Crippen molar-refractivity contribution in [3.8, 4) is 17.3 Å². The van der Waals surface area contributed by atoms with Crippen LogP contribution in [0.4, 0.5) is 10.5 Å². The van der Waals surface area contributed by atoms with Crippen LogP contribution in [0.1, 0.15) is 17.2 Å². The summed E-state index contributed by atoms with van der Waals surface area (Å²) < 4.78 is 2.73. The van der Waals surface area contributed by atoms with Gasteiger partial charge in [0.1, 0.15) is 0 Å². The lowest BCUT2D eigenvalue weighted by Gasteiger charge is -2.16. The number of carbonyl (C=O) groups is 1. The molecule has 0 fully saturated rings. The van der Waals surface area contributed by atoms with E-state index in [2.05, 4.69) is 54.3 Å². The van der Waals surface area contributed by atoms with E-state index in [-0.39, 0.29) is 12.1 Å². The molecular formula is C19H14BrN5O. The Morgan fingerprint density at radius 2 is 2.15 bits per heavy atom. The first-order valence-corrected chi connectivity index (χ1v) is 8.82. The molecule has 0 saturated heterocycles. The van der Waals surface area contributed by atoms with Gasteiger partial charge >= 0.3 is 6.03 Å². The molecule has 6 nitrogen and oxygen atoms in total. The number of benzene rings is 2. The molecule has 0 saturated carbocycles. The highest BCUT2D eigenvalue weighted by atomic mass is 79.9. The van der Waals surface area contributed by atoms with Gasteiger partial charge < -0.3 is 15.2 Å². The van der Waals surface area contributed by atoms with Gasteiger partial charge in [-0.05, 0) is 39.7 Å². The summed E-state index contributed by atoms with van der Waals surface area (Å²) in [5.41, 5.74) is 4.51. The normalized spacial score (nSPS) is 14.2. The predicted molar refractivity (Wildman–Crippen MR) is 102 cm³/mol. The number of carbonyl (C=O) groups excluding carboxylic acids is 1. The Balaban J connectivity index is 1.47. The van der Waals surface area contributed by atoms with Gasteiger partial charge in [-0.2, -0.15) is 5.26 Å². The number of urea groups is 1. The summed E-state index contributed by atoms with van der Waals surface area (Å²) in [6, 6.07) is 14.9. The van der Waals surface area contributed by atoms with Crippen molar-refractivity contribution >= 4 is 27.6 Å². The van der Waals surface area contributed by atoms with Gasteiger partial charge in [-0.25, -0.2) is 9.78 Å². The van der Waals surface area contributed by atoms with Crippen LogP contribution >= 0.6 is 15.9 Å². The third-order valence-corrected chi connectivity index (χ3v) is 5.06. The van der Waals surface area contributed by atoms with Gasteiger partial charge in [0.15, 0.2) is 0 Å². The second kappa shape index (κ2) is 6.65. The topological polar surface area (TPSA) is 82.7 Å². The molecule has 2 N–H and O–H groups in total. The minimum Gasteiger partial charge on any atom is -0.335 e. The number of hydrogen-bond acceptors (Lipinski definition) is 3. The second-order valence-corrected chi connectivity index (χ2v) is 6.78. The first-order chi connectivity index (χ1) is 12.7. The van der Waals surface area contributed by atoms with Crippen molar-refractivity contribution in [1.82, 2.24) is 14.9 Å². The van der Waals surface area contributed by atoms with Crippen LogP contribution in [0.5, 0.6) is 0 Å². The summed E-state index contributed by atoms with van der Waals surface area (Å²) in [7, 11) is 0. The number of anilines is 1. The standard InChI is InChI=1S/C19H14BrN5O/c20-15-7-12(8-21)5-6-16(15)24-19(26)23-10-18-14-4-2-1-3-13(14)17-9-22-11-25(17)18/h1-7,9,11,18H,10H2,(H2,23,24,26). The number of hydrogen-bond donors (Lipinski definition) is 2. The third kappa shape index (κ3) is 2.85. The first-order valence-electron chi connectivity index (χ1n) is 8.03. The SMILES string of the molecule is N#Cc1ccc(NC(=O)NCC2c3ccccc3-c3cncn32)c(Br)c1. The third-order valence-electron chi connectivity index (χ3n) is 4.40. The lowest BCUT2D eigenvalue weighted by molar-refractivity contribution is 0.251. The average molecular weight is 408 g/mol. The van der Waals surface area contributed by atoms with Gasteiger partial charge in [-0.3, -0.25) is 0 Å². The Bertz CT molecular complexity index is 1040. The van der Waals surface area contributed by atoms with E-state index < -0.39 is 0 Å². The van der Waals surface area contributed by atoms with Gasteiger partial charge in [0, 0.05) is 16.6 Å². The minimum atomic E-state index is -0.304. The quantitative estimate of drug-likeness (QED) is 0.690. The van der Waals surface area contributed by atoms with Crippen molar-refractivity contribution in [2.24, 2.45) is 0 Å². The highest BCUT2D eigenvalue weighted by molar-refractivity contribution is 9.10. The Hall–Kier alpha value is -3.11. The molecule has 2 heterocycles. The van der Waals surface area contributed by atoms with Gasteiger partial charge in [-0.15, -0.1) is 0 Å². The molecule has 0 spiro atoms. The maximum absolute atomic E-state index is 12.3. The van der Waals surface area contributed by atoms with E-state index in [4.69, 9.17) is 5.26 Å². The smallest absolute Gasteiger partial charge is 0.319 e. The maximum Gasteiger partial charge on any atom is 0.319 e. The van der Waals surface area contributed by atoms with Crippen molar-refractivity contribution < 1.29 is 4.79 Å². The van der Waals surface area contributed by atoms with Crippen molar-refractivity contribution in [3.05, 3.63) is 70.6 Å². The summed E-state index contributed by atoms with van der Waals surface area (Å²) in [6.45, 7) is 0.445. The van der Waals surface area contributed by atoms with Gasteiger partial charge in [-0.1, -0.05) is 24.3 Å². The largest absolute Gasteiger partial charge is 0.335 e. The van der Waals surface area contributed by atoms with Crippen LogP contribution in [0.25, 0.3) is 11.3 Å². The summed E-state index contributed by atoms with van der Waals surface area (Å²) in [4.78, 5) is 16.5. The van der Waals surface area contributed by atoms with Gasteiger partial charge in [0.2, 0.25) is 0 Å². The monoisotopic (exact) mass is 407 g/mol. The molecule has 2 amide bonds. The Kier molecular flexibility index (Phi) is 4.19. The number of fused-ring (bicyclic) bond motifs is 3. The first kappa shape index (κ1) is 16.4.